The smallest absolute Gasteiger partial charge is 0.167 e. The van der Waals surface area contributed by atoms with Crippen molar-refractivity contribution in [2.45, 2.75) is 23.7 Å². The highest BCUT2D eigenvalue weighted by molar-refractivity contribution is 7.81. The van der Waals surface area contributed by atoms with Gasteiger partial charge in [-0.1, -0.05) is 0 Å². The van der Waals surface area contributed by atoms with Crippen LogP contribution in [0.15, 0.2) is 12.7 Å². The second kappa shape index (κ2) is 4.85. The van der Waals surface area contributed by atoms with Gasteiger partial charge in [0.05, 0.1) is 30.6 Å². The van der Waals surface area contributed by atoms with E-state index in [1.807, 2.05) is 0 Å². The second-order valence-electron chi connectivity index (χ2n) is 4.76. The van der Waals surface area contributed by atoms with Crippen molar-refractivity contribution in [1.82, 2.24) is 19.1 Å². The van der Waals surface area contributed by atoms with Crippen LogP contribution in [0, 0.1) is 5.41 Å². The van der Waals surface area contributed by atoms with Gasteiger partial charge in [-0.2, -0.15) is 12.6 Å². The van der Waals surface area contributed by atoms with E-state index in [1.165, 1.54) is 12.7 Å². The Balaban J connectivity index is 2.08. The van der Waals surface area contributed by atoms with E-state index in [1.54, 1.807) is 16.2 Å². The SMILES string of the molecule is Cn1cnc2c(ncn2[C@@H]2O[C@H](CO)[C@@H](O)[C@H]2S)c1=N. The first-order valence-corrected chi connectivity index (χ1v) is 6.61. The van der Waals surface area contributed by atoms with Crippen LogP contribution >= 0.6 is 12.6 Å². The zero-order valence-corrected chi connectivity index (χ0v) is 11.6. The fourth-order valence-corrected chi connectivity index (χ4v) is 2.72. The number of thiol groups is 1. The number of rotatable bonds is 2. The van der Waals surface area contributed by atoms with Crippen LogP contribution in [-0.2, 0) is 11.8 Å². The minimum Gasteiger partial charge on any atom is -0.394 e. The summed E-state index contributed by atoms with van der Waals surface area (Å²) in [6, 6.07) is 0. The van der Waals surface area contributed by atoms with Crippen molar-refractivity contribution < 1.29 is 14.9 Å². The average molecular weight is 297 g/mol. The molecule has 0 unspecified atom stereocenters. The van der Waals surface area contributed by atoms with E-state index >= 15 is 0 Å². The number of nitrogens with zero attached hydrogens (tertiary/aromatic N) is 4. The number of ether oxygens (including phenoxy) is 1. The van der Waals surface area contributed by atoms with E-state index in [2.05, 4.69) is 22.6 Å². The van der Waals surface area contributed by atoms with Crippen LogP contribution in [-0.4, -0.2) is 53.4 Å². The molecule has 20 heavy (non-hydrogen) atoms. The summed E-state index contributed by atoms with van der Waals surface area (Å²) in [6.07, 6.45) is 0.882. The maximum Gasteiger partial charge on any atom is 0.167 e. The van der Waals surface area contributed by atoms with E-state index in [-0.39, 0.29) is 12.1 Å². The highest BCUT2D eigenvalue weighted by atomic mass is 32.1. The third kappa shape index (κ3) is 1.85. The van der Waals surface area contributed by atoms with Crippen molar-refractivity contribution in [2.24, 2.45) is 7.05 Å². The molecule has 1 saturated heterocycles. The molecule has 2 aromatic heterocycles. The Hall–Kier alpha value is -1.42. The van der Waals surface area contributed by atoms with Gasteiger partial charge >= 0.3 is 0 Å². The van der Waals surface area contributed by atoms with Crippen molar-refractivity contribution in [3.05, 3.63) is 18.1 Å². The Labute approximate surface area is 119 Å². The van der Waals surface area contributed by atoms with Gasteiger partial charge in [0.15, 0.2) is 17.4 Å². The van der Waals surface area contributed by atoms with Crippen molar-refractivity contribution in [3.8, 4) is 0 Å². The molecular formula is C11H15N5O3S. The molecule has 9 heteroatoms. The molecule has 1 aliphatic rings. The van der Waals surface area contributed by atoms with Crippen molar-refractivity contribution in [1.29, 1.82) is 5.41 Å². The molecule has 2 aromatic rings. The van der Waals surface area contributed by atoms with Crippen LogP contribution in [0.5, 0.6) is 0 Å². The lowest BCUT2D eigenvalue weighted by atomic mass is 10.2. The van der Waals surface area contributed by atoms with Crippen LogP contribution in [0.3, 0.4) is 0 Å². The molecule has 1 fully saturated rings. The summed E-state index contributed by atoms with van der Waals surface area (Å²) in [6.45, 7) is -0.284. The summed E-state index contributed by atoms with van der Waals surface area (Å²) in [4.78, 5) is 8.41. The Morgan fingerprint density at radius 1 is 1.45 bits per heavy atom. The lowest BCUT2D eigenvalue weighted by molar-refractivity contribution is -0.0430. The summed E-state index contributed by atoms with van der Waals surface area (Å²) >= 11 is 4.34. The molecule has 3 rings (SSSR count). The number of aromatic nitrogens is 4. The number of imidazole rings is 1. The molecule has 0 aromatic carbocycles. The molecule has 1 aliphatic heterocycles. The molecule has 3 heterocycles. The number of nitrogens with one attached hydrogen (secondary N) is 1. The normalized spacial score (nSPS) is 30.2. The molecular weight excluding hydrogens is 282 g/mol. The number of hydrogen-bond acceptors (Lipinski definition) is 7. The standard InChI is InChI=1S/C11H15N5O3S/c1-15-3-14-10-6(9(15)12)13-4-16(10)11-8(20)7(18)5(2-17)19-11/h3-5,7-8,11-12,17-18,20H,2H2,1H3/t5-,7-,8-,11-/m1/s1. The minimum atomic E-state index is -0.874. The van der Waals surface area contributed by atoms with Gasteiger partial charge < -0.3 is 19.5 Å². The Morgan fingerprint density at radius 3 is 2.85 bits per heavy atom. The van der Waals surface area contributed by atoms with Crippen LogP contribution in [0.4, 0.5) is 0 Å². The molecule has 0 amide bonds. The third-order valence-electron chi connectivity index (χ3n) is 3.49. The third-order valence-corrected chi connectivity index (χ3v) is 4.05. The second-order valence-corrected chi connectivity index (χ2v) is 5.35. The molecule has 3 N–H and O–H groups in total. The van der Waals surface area contributed by atoms with Gasteiger partial charge in [0.2, 0.25) is 0 Å². The largest absolute Gasteiger partial charge is 0.394 e. The number of aryl methyl sites for hydroxylation is 1. The molecule has 108 valence electrons. The Bertz CT molecular complexity index is 699. The summed E-state index contributed by atoms with van der Waals surface area (Å²) in [7, 11) is 1.72. The van der Waals surface area contributed by atoms with Crippen LogP contribution < -0.4 is 5.49 Å². The fourth-order valence-electron chi connectivity index (χ4n) is 2.31. The van der Waals surface area contributed by atoms with E-state index in [0.717, 1.165) is 0 Å². The quantitative estimate of drug-likeness (QED) is 0.521. The first-order valence-electron chi connectivity index (χ1n) is 6.09. The Kier molecular flexibility index (Phi) is 3.28. The van der Waals surface area contributed by atoms with E-state index < -0.39 is 23.7 Å². The van der Waals surface area contributed by atoms with Gasteiger partial charge in [-0.3, -0.25) is 9.98 Å². The zero-order chi connectivity index (χ0) is 14.4. The maximum absolute atomic E-state index is 9.94. The molecule has 0 radical (unpaired) electrons. The minimum absolute atomic E-state index is 0.238. The lowest BCUT2D eigenvalue weighted by Crippen LogP contribution is -2.30. The summed E-state index contributed by atoms with van der Waals surface area (Å²) in [5.74, 6) is 0. The number of fused-ring (bicyclic) bond motifs is 1. The van der Waals surface area contributed by atoms with Crippen molar-refractivity contribution in [2.75, 3.05) is 6.61 Å². The summed E-state index contributed by atoms with van der Waals surface area (Å²) < 4.78 is 8.78. The van der Waals surface area contributed by atoms with Crippen LogP contribution in [0.25, 0.3) is 11.2 Å². The molecule has 8 nitrogen and oxygen atoms in total. The van der Waals surface area contributed by atoms with E-state index in [4.69, 9.17) is 10.1 Å². The van der Waals surface area contributed by atoms with Gasteiger partial charge in [0.25, 0.3) is 0 Å². The highest BCUT2D eigenvalue weighted by Gasteiger charge is 2.42. The van der Waals surface area contributed by atoms with Crippen molar-refractivity contribution >= 4 is 23.8 Å². The highest BCUT2D eigenvalue weighted by Crippen LogP contribution is 2.34. The van der Waals surface area contributed by atoms with Gasteiger partial charge in [-0.15, -0.1) is 0 Å². The molecule has 0 bridgehead atoms. The maximum atomic E-state index is 9.94. The Morgan fingerprint density at radius 2 is 2.20 bits per heavy atom. The topological polar surface area (TPSA) is 109 Å². The summed E-state index contributed by atoms with van der Waals surface area (Å²) in [5, 5.41) is 26.5. The molecule has 0 spiro atoms. The summed E-state index contributed by atoms with van der Waals surface area (Å²) in [5.41, 5.74) is 1.17. The first-order chi connectivity index (χ1) is 9.54. The van der Waals surface area contributed by atoms with Gasteiger partial charge in [-0.05, 0) is 0 Å². The molecule has 0 aliphatic carbocycles. The predicted octanol–water partition coefficient (Wildman–Crippen LogP) is -1.20. The zero-order valence-electron chi connectivity index (χ0n) is 10.7. The van der Waals surface area contributed by atoms with Crippen molar-refractivity contribution in [3.63, 3.8) is 0 Å². The lowest BCUT2D eigenvalue weighted by Gasteiger charge is -2.16. The average Bonchev–Trinajstić information content (AvgIpc) is 2.98. The van der Waals surface area contributed by atoms with Crippen LogP contribution in [0.1, 0.15) is 6.23 Å². The van der Waals surface area contributed by atoms with Gasteiger partial charge in [-0.25, -0.2) is 9.97 Å². The van der Waals surface area contributed by atoms with Gasteiger partial charge in [0.1, 0.15) is 11.6 Å². The first kappa shape index (κ1) is 13.6. The molecule has 0 saturated carbocycles. The number of aliphatic hydroxyl groups excluding tert-OH is 2. The fraction of sp³-hybridized carbons (Fsp3) is 0.545. The van der Waals surface area contributed by atoms with Gasteiger partial charge in [0, 0.05) is 7.05 Å². The predicted molar refractivity (Wildman–Crippen MR) is 72.1 cm³/mol. The number of aliphatic hydroxyl groups is 2. The van der Waals surface area contributed by atoms with E-state index in [0.29, 0.717) is 11.2 Å². The monoisotopic (exact) mass is 297 g/mol. The van der Waals surface area contributed by atoms with E-state index in [9.17, 15) is 10.2 Å². The molecule has 4 atom stereocenters. The number of hydrogen-bond donors (Lipinski definition) is 4. The van der Waals surface area contributed by atoms with Crippen LogP contribution in [0.2, 0.25) is 0 Å².